The molecular weight excluding hydrogens is 294 g/mol. The highest BCUT2D eigenvalue weighted by Gasteiger charge is 2.08. The molecule has 0 aliphatic heterocycles. The van der Waals surface area contributed by atoms with Gasteiger partial charge in [0.1, 0.15) is 5.75 Å². The lowest BCUT2D eigenvalue weighted by molar-refractivity contribution is -0.384. The zero-order valence-electron chi connectivity index (χ0n) is 14.0. The number of non-ortho nitro benzene ring substituents is 1. The molecule has 0 amide bonds. The van der Waals surface area contributed by atoms with E-state index in [1.807, 2.05) is 0 Å². The number of benzene rings is 1. The van der Waals surface area contributed by atoms with Gasteiger partial charge < -0.3 is 4.74 Å². The molecule has 128 valence electrons. The summed E-state index contributed by atoms with van der Waals surface area (Å²) in [7, 11) is 0. The van der Waals surface area contributed by atoms with E-state index in [0.29, 0.717) is 12.2 Å². The molecular formula is C18H27NO4. The molecule has 5 nitrogen and oxygen atoms in total. The van der Waals surface area contributed by atoms with E-state index in [2.05, 4.69) is 6.92 Å². The van der Waals surface area contributed by atoms with Crippen molar-refractivity contribution in [3.8, 4) is 5.75 Å². The number of ether oxygens (including phenoxy) is 1. The maximum absolute atomic E-state index is 11.7. The molecule has 0 aromatic heterocycles. The number of nitro groups is 1. The van der Waals surface area contributed by atoms with Crippen LogP contribution in [0.4, 0.5) is 5.69 Å². The van der Waals surface area contributed by atoms with Crippen LogP contribution >= 0.6 is 0 Å². The predicted octanol–water partition coefficient (Wildman–Crippen LogP) is 5.42. The fourth-order valence-electron chi connectivity index (χ4n) is 2.40. The maximum Gasteiger partial charge on any atom is 0.311 e. The van der Waals surface area contributed by atoms with Crippen LogP contribution in [-0.4, -0.2) is 10.9 Å². The van der Waals surface area contributed by atoms with Gasteiger partial charge >= 0.3 is 5.97 Å². The van der Waals surface area contributed by atoms with Crippen LogP contribution in [0.5, 0.6) is 5.75 Å². The summed E-state index contributed by atoms with van der Waals surface area (Å²) in [6, 6.07) is 5.57. The lowest BCUT2D eigenvalue weighted by Gasteiger charge is -2.04. The van der Waals surface area contributed by atoms with Gasteiger partial charge in [0, 0.05) is 18.6 Å². The Labute approximate surface area is 138 Å². The van der Waals surface area contributed by atoms with Crippen molar-refractivity contribution in [1.82, 2.24) is 0 Å². The third-order valence-electron chi connectivity index (χ3n) is 3.76. The Morgan fingerprint density at radius 3 is 2.00 bits per heavy atom. The number of hydrogen-bond donors (Lipinski definition) is 0. The molecule has 0 heterocycles. The van der Waals surface area contributed by atoms with Crippen molar-refractivity contribution in [2.24, 2.45) is 0 Å². The Bertz CT molecular complexity index is 470. The topological polar surface area (TPSA) is 69.4 Å². The third-order valence-corrected chi connectivity index (χ3v) is 3.76. The first-order chi connectivity index (χ1) is 11.1. The van der Waals surface area contributed by atoms with Gasteiger partial charge in [-0.05, 0) is 18.6 Å². The van der Waals surface area contributed by atoms with E-state index in [-0.39, 0.29) is 11.7 Å². The van der Waals surface area contributed by atoms with Crippen molar-refractivity contribution >= 4 is 11.7 Å². The van der Waals surface area contributed by atoms with Gasteiger partial charge in [-0.25, -0.2) is 0 Å². The Balaban J connectivity index is 2.07. The SMILES string of the molecule is CCCCCCCCCCCC(=O)Oc1ccc([N+](=O)[O-])cc1. The predicted molar refractivity (Wildman–Crippen MR) is 90.6 cm³/mol. The lowest BCUT2D eigenvalue weighted by atomic mass is 10.1. The molecule has 0 fully saturated rings. The van der Waals surface area contributed by atoms with Gasteiger partial charge in [-0.15, -0.1) is 0 Å². The molecule has 0 atom stereocenters. The van der Waals surface area contributed by atoms with E-state index in [9.17, 15) is 14.9 Å². The number of unbranched alkanes of at least 4 members (excludes halogenated alkanes) is 8. The largest absolute Gasteiger partial charge is 0.427 e. The van der Waals surface area contributed by atoms with Crippen LogP contribution in [0.25, 0.3) is 0 Å². The Morgan fingerprint density at radius 2 is 1.48 bits per heavy atom. The standard InChI is InChI=1S/C18H27NO4/c1-2-3-4-5-6-7-8-9-10-11-18(20)23-17-14-12-16(13-15-17)19(21)22/h12-15H,2-11H2,1H3. The molecule has 0 saturated carbocycles. The first-order valence-electron chi connectivity index (χ1n) is 8.58. The van der Waals surface area contributed by atoms with Crippen LogP contribution in [-0.2, 0) is 4.79 Å². The van der Waals surface area contributed by atoms with Crippen molar-refractivity contribution in [2.75, 3.05) is 0 Å². The summed E-state index contributed by atoms with van der Waals surface area (Å²) in [6.07, 6.45) is 11.2. The van der Waals surface area contributed by atoms with Gasteiger partial charge in [0.25, 0.3) is 5.69 Å². The molecule has 1 aromatic carbocycles. The monoisotopic (exact) mass is 321 g/mol. The van der Waals surface area contributed by atoms with Crippen LogP contribution in [0.3, 0.4) is 0 Å². The fourth-order valence-corrected chi connectivity index (χ4v) is 2.40. The van der Waals surface area contributed by atoms with E-state index in [0.717, 1.165) is 19.3 Å². The zero-order valence-corrected chi connectivity index (χ0v) is 14.0. The van der Waals surface area contributed by atoms with Crippen LogP contribution in [0.15, 0.2) is 24.3 Å². The highest BCUT2D eigenvalue weighted by atomic mass is 16.6. The number of nitrogens with zero attached hydrogens (tertiary/aromatic N) is 1. The lowest BCUT2D eigenvalue weighted by Crippen LogP contribution is -2.07. The second kappa shape index (κ2) is 11.6. The average molecular weight is 321 g/mol. The van der Waals surface area contributed by atoms with Gasteiger partial charge in [0.2, 0.25) is 0 Å². The van der Waals surface area contributed by atoms with Crippen molar-refractivity contribution in [1.29, 1.82) is 0 Å². The first-order valence-corrected chi connectivity index (χ1v) is 8.58. The van der Waals surface area contributed by atoms with Crippen LogP contribution in [0, 0.1) is 10.1 Å². The van der Waals surface area contributed by atoms with Gasteiger partial charge in [-0.1, -0.05) is 58.3 Å². The molecule has 0 aliphatic carbocycles. The molecule has 0 spiro atoms. The molecule has 23 heavy (non-hydrogen) atoms. The maximum atomic E-state index is 11.7. The van der Waals surface area contributed by atoms with Crippen LogP contribution < -0.4 is 4.74 Å². The highest BCUT2D eigenvalue weighted by Crippen LogP contribution is 2.18. The fraction of sp³-hybridized carbons (Fsp3) is 0.611. The summed E-state index contributed by atoms with van der Waals surface area (Å²) < 4.78 is 5.16. The summed E-state index contributed by atoms with van der Waals surface area (Å²) in [4.78, 5) is 21.7. The van der Waals surface area contributed by atoms with E-state index in [1.165, 1.54) is 62.8 Å². The van der Waals surface area contributed by atoms with E-state index >= 15 is 0 Å². The molecule has 0 N–H and O–H groups in total. The average Bonchev–Trinajstić information content (AvgIpc) is 2.54. The molecule has 1 rings (SSSR count). The summed E-state index contributed by atoms with van der Waals surface area (Å²) >= 11 is 0. The van der Waals surface area contributed by atoms with Crippen LogP contribution in [0.2, 0.25) is 0 Å². The number of esters is 1. The minimum atomic E-state index is -0.478. The minimum Gasteiger partial charge on any atom is -0.427 e. The molecule has 1 aromatic rings. The number of carbonyl (C=O) groups is 1. The zero-order chi connectivity index (χ0) is 16.9. The number of rotatable bonds is 12. The normalized spacial score (nSPS) is 10.5. The van der Waals surface area contributed by atoms with Crippen molar-refractivity contribution in [3.63, 3.8) is 0 Å². The molecule has 0 saturated heterocycles. The Morgan fingerprint density at radius 1 is 0.957 bits per heavy atom. The summed E-state index contributed by atoms with van der Waals surface area (Å²) in [5, 5.41) is 10.5. The molecule has 0 bridgehead atoms. The van der Waals surface area contributed by atoms with Gasteiger partial charge in [-0.2, -0.15) is 0 Å². The van der Waals surface area contributed by atoms with Crippen LogP contribution in [0.1, 0.15) is 71.1 Å². The summed E-state index contributed by atoms with van der Waals surface area (Å²) in [5.74, 6) is 0.0818. The van der Waals surface area contributed by atoms with Crippen molar-refractivity contribution in [3.05, 3.63) is 34.4 Å². The second-order valence-corrected chi connectivity index (χ2v) is 5.80. The van der Waals surface area contributed by atoms with E-state index < -0.39 is 4.92 Å². The molecule has 0 unspecified atom stereocenters. The Hall–Kier alpha value is -1.91. The van der Waals surface area contributed by atoms with Gasteiger partial charge in [-0.3, -0.25) is 14.9 Å². The quantitative estimate of drug-likeness (QED) is 0.169. The number of carbonyl (C=O) groups excluding carboxylic acids is 1. The smallest absolute Gasteiger partial charge is 0.311 e. The van der Waals surface area contributed by atoms with Crippen molar-refractivity contribution in [2.45, 2.75) is 71.1 Å². The van der Waals surface area contributed by atoms with E-state index in [1.54, 1.807) is 0 Å². The first kappa shape index (κ1) is 19.1. The van der Waals surface area contributed by atoms with Gasteiger partial charge in [0.15, 0.2) is 0 Å². The molecule has 0 radical (unpaired) electrons. The number of hydrogen-bond acceptors (Lipinski definition) is 4. The minimum absolute atomic E-state index is 0.0104. The summed E-state index contributed by atoms with van der Waals surface area (Å²) in [5.41, 5.74) is -0.0104. The number of nitro benzene ring substituents is 1. The second-order valence-electron chi connectivity index (χ2n) is 5.80. The van der Waals surface area contributed by atoms with Gasteiger partial charge in [0.05, 0.1) is 4.92 Å². The third kappa shape index (κ3) is 8.96. The molecule has 5 heteroatoms. The Kier molecular flexibility index (Phi) is 9.68. The highest BCUT2D eigenvalue weighted by molar-refractivity contribution is 5.72. The summed E-state index contributed by atoms with van der Waals surface area (Å²) in [6.45, 7) is 2.22. The molecule has 0 aliphatic rings. The van der Waals surface area contributed by atoms with E-state index in [4.69, 9.17) is 4.74 Å². The van der Waals surface area contributed by atoms with Crippen molar-refractivity contribution < 1.29 is 14.5 Å².